The van der Waals surface area contributed by atoms with Gasteiger partial charge in [-0.2, -0.15) is 0 Å². The molecule has 14 heavy (non-hydrogen) atoms. The van der Waals surface area contributed by atoms with Crippen molar-refractivity contribution in [3.05, 3.63) is 0 Å². The van der Waals surface area contributed by atoms with Gasteiger partial charge in [0.2, 0.25) is 5.41 Å². The molecule has 0 aliphatic heterocycles. The molecule has 0 aliphatic carbocycles. The van der Waals surface area contributed by atoms with Crippen molar-refractivity contribution >= 4 is 23.1 Å². The maximum atomic E-state index is 11.1. The van der Waals surface area contributed by atoms with E-state index in [-0.39, 0.29) is 16.8 Å². The zero-order valence-electron chi connectivity index (χ0n) is 8.47. The molecule has 0 aromatic carbocycles. The van der Waals surface area contributed by atoms with Gasteiger partial charge in [-0.05, 0) is 27.7 Å². The zero-order valence-corrected chi connectivity index (χ0v) is 9.51. The van der Waals surface area contributed by atoms with Gasteiger partial charge in [-0.15, -0.1) is 0 Å². The molecule has 0 amide bonds. The minimum absolute atomic E-state index is 0. The molecule has 0 aromatic rings. The Hall–Kier alpha value is -0.814. The second-order valence-corrected chi connectivity index (χ2v) is 2.97. The SMILES string of the molecule is CC(=O)C(C(C)=O)(C(C)=O)C(C)=O.[Co]. The van der Waals surface area contributed by atoms with Crippen LogP contribution < -0.4 is 0 Å². The standard InChI is InChI=1S/C9H12O4.Co/c1-5(10)9(6(2)11,7(3)12)8(4)13;/h1-4H3;. The Morgan fingerprint density at radius 1 is 0.643 bits per heavy atom. The molecular weight excluding hydrogens is 231 g/mol. The normalized spacial score (nSPS) is 10.0. The molecular formula is C9H12CoO4. The summed E-state index contributed by atoms with van der Waals surface area (Å²) < 4.78 is 0. The topological polar surface area (TPSA) is 68.3 Å². The third-order valence-corrected chi connectivity index (χ3v) is 2.11. The van der Waals surface area contributed by atoms with Gasteiger partial charge in [-0.25, -0.2) is 0 Å². The summed E-state index contributed by atoms with van der Waals surface area (Å²) >= 11 is 0. The van der Waals surface area contributed by atoms with E-state index in [1.165, 1.54) is 0 Å². The Morgan fingerprint density at radius 3 is 0.786 bits per heavy atom. The molecule has 0 unspecified atom stereocenters. The molecule has 0 saturated carbocycles. The number of carbonyl (C=O) groups excluding carboxylic acids is 4. The first-order valence-corrected chi connectivity index (χ1v) is 3.82. The van der Waals surface area contributed by atoms with Crippen LogP contribution in [0.15, 0.2) is 0 Å². The number of rotatable bonds is 4. The van der Waals surface area contributed by atoms with Gasteiger partial charge < -0.3 is 0 Å². The number of ketones is 4. The Kier molecular flexibility index (Phi) is 5.77. The van der Waals surface area contributed by atoms with Crippen molar-refractivity contribution in [3.63, 3.8) is 0 Å². The third-order valence-electron chi connectivity index (χ3n) is 2.11. The van der Waals surface area contributed by atoms with Crippen molar-refractivity contribution < 1.29 is 36.0 Å². The van der Waals surface area contributed by atoms with Gasteiger partial charge in [0.15, 0.2) is 23.1 Å². The second-order valence-electron chi connectivity index (χ2n) is 2.97. The van der Waals surface area contributed by atoms with Crippen LogP contribution in [0, 0.1) is 5.41 Å². The maximum Gasteiger partial charge on any atom is 0.202 e. The molecule has 81 valence electrons. The number of Topliss-reactive ketones (excluding diaryl/α,β-unsaturated/α-hetero) is 4. The molecule has 0 aromatic heterocycles. The van der Waals surface area contributed by atoms with Gasteiger partial charge >= 0.3 is 0 Å². The minimum Gasteiger partial charge on any atom is -0.298 e. The van der Waals surface area contributed by atoms with E-state index in [9.17, 15) is 19.2 Å². The van der Waals surface area contributed by atoms with Crippen LogP contribution >= 0.6 is 0 Å². The van der Waals surface area contributed by atoms with Crippen LogP contribution in [0.3, 0.4) is 0 Å². The fourth-order valence-electron chi connectivity index (χ4n) is 1.49. The van der Waals surface area contributed by atoms with Gasteiger partial charge in [0, 0.05) is 16.8 Å². The summed E-state index contributed by atoms with van der Waals surface area (Å²) in [6.07, 6.45) is 0. The Labute approximate surface area is 92.6 Å². The van der Waals surface area contributed by atoms with Crippen LogP contribution in [0.2, 0.25) is 0 Å². The Bertz CT molecular complexity index is 232. The maximum absolute atomic E-state index is 11.1. The van der Waals surface area contributed by atoms with Gasteiger partial charge in [0.25, 0.3) is 0 Å². The van der Waals surface area contributed by atoms with E-state index in [1.807, 2.05) is 0 Å². The number of hydrogen-bond donors (Lipinski definition) is 0. The van der Waals surface area contributed by atoms with Crippen molar-refractivity contribution in [1.29, 1.82) is 0 Å². The Morgan fingerprint density at radius 2 is 0.786 bits per heavy atom. The van der Waals surface area contributed by atoms with E-state index in [2.05, 4.69) is 0 Å². The Balaban J connectivity index is 0. The molecule has 0 N–H and O–H groups in total. The average molecular weight is 243 g/mol. The molecule has 1 radical (unpaired) electrons. The fourth-order valence-corrected chi connectivity index (χ4v) is 1.49. The first kappa shape index (κ1) is 15.6. The van der Waals surface area contributed by atoms with Crippen LogP contribution in [0.4, 0.5) is 0 Å². The van der Waals surface area contributed by atoms with Crippen molar-refractivity contribution in [2.45, 2.75) is 27.7 Å². The van der Waals surface area contributed by atoms with Crippen LogP contribution in [-0.4, -0.2) is 23.1 Å². The van der Waals surface area contributed by atoms with Crippen molar-refractivity contribution in [2.24, 2.45) is 5.41 Å². The van der Waals surface area contributed by atoms with E-state index < -0.39 is 28.5 Å². The largest absolute Gasteiger partial charge is 0.298 e. The number of carbonyl (C=O) groups is 4. The monoisotopic (exact) mass is 243 g/mol. The summed E-state index contributed by atoms with van der Waals surface area (Å²) in [5, 5.41) is 0. The summed E-state index contributed by atoms with van der Waals surface area (Å²) in [6.45, 7) is 4.29. The molecule has 0 bridgehead atoms. The quantitative estimate of drug-likeness (QED) is 0.667. The summed E-state index contributed by atoms with van der Waals surface area (Å²) in [6, 6.07) is 0. The van der Waals surface area contributed by atoms with Gasteiger partial charge in [0.05, 0.1) is 0 Å². The first-order valence-electron chi connectivity index (χ1n) is 3.82. The molecule has 5 heteroatoms. The molecule has 0 saturated heterocycles. The fraction of sp³-hybridized carbons (Fsp3) is 0.556. The van der Waals surface area contributed by atoms with Crippen molar-refractivity contribution in [3.8, 4) is 0 Å². The van der Waals surface area contributed by atoms with E-state index in [1.54, 1.807) is 0 Å². The molecule has 4 nitrogen and oxygen atoms in total. The molecule has 0 rings (SSSR count). The van der Waals surface area contributed by atoms with Crippen LogP contribution in [0.25, 0.3) is 0 Å². The summed E-state index contributed by atoms with van der Waals surface area (Å²) in [7, 11) is 0. The van der Waals surface area contributed by atoms with Crippen molar-refractivity contribution in [2.75, 3.05) is 0 Å². The zero-order chi connectivity index (χ0) is 10.8. The second kappa shape index (κ2) is 5.16. The van der Waals surface area contributed by atoms with E-state index in [4.69, 9.17) is 0 Å². The van der Waals surface area contributed by atoms with Crippen LogP contribution in [0.5, 0.6) is 0 Å². The van der Waals surface area contributed by atoms with Gasteiger partial charge in [0.1, 0.15) is 0 Å². The smallest absolute Gasteiger partial charge is 0.202 e. The summed E-state index contributed by atoms with van der Waals surface area (Å²) in [5.41, 5.74) is -2.06. The molecule has 0 spiro atoms. The molecule has 0 fully saturated rings. The molecule has 0 atom stereocenters. The van der Waals surface area contributed by atoms with Crippen molar-refractivity contribution in [1.82, 2.24) is 0 Å². The molecule has 0 aliphatic rings. The van der Waals surface area contributed by atoms with E-state index >= 15 is 0 Å². The van der Waals surface area contributed by atoms with Crippen LogP contribution in [0.1, 0.15) is 27.7 Å². The molecule has 0 heterocycles. The van der Waals surface area contributed by atoms with Crippen LogP contribution in [-0.2, 0) is 36.0 Å². The summed E-state index contributed by atoms with van der Waals surface area (Å²) in [5.74, 6) is -2.83. The predicted molar refractivity (Wildman–Crippen MR) is 45.2 cm³/mol. The average Bonchev–Trinajstić information content (AvgIpc) is 1.82. The first-order chi connectivity index (χ1) is 5.77. The third kappa shape index (κ3) is 2.16. The van der Waals surface area contributed by atoms with Gasteiger partial charge in [-0.3, -0.25) is 19.2 Å². The predicted octanol–water partition coefficient (Wildman–Crippen LogP) is 0.326. The van der Waals surface area contributed by atoms with E-state index in [0.29, 0.717) is 0 Å². The van der Waals surface area contributed by atoms with E-state index in [0.717, 1.165) is 27.7 Å². The van der Waals surface area contributed by atoms with Gasteiger partial charge in [-0.1, -0.05) is 0 Å². The number of hydrogen-bond acceptors (Lipinski definition) is 4. The minimum atomic E-state index is -2.06. The summed E-state index contributed by atoms with van der Waals surface area (Å²) in [4.78, 5) is 44.5.